The SMILES string of the molecule is CCCNC(=O)[C@H](C)N(Cc1cccc(Br)c1)C(=O)CN(c1ccccc1OC)S(=O)(=O)c1ccccc1. The first-order valence-corrected chi connectivity index (χ1v) is 14.4. The third-order valence-electron chi connectivity index (χ3n) is 5.92. The number of benzene rings is 3. The smallest absolute Gasteiger partial charge is 0.264 e. The zero-order valence-electron chi connectivity index (χ0n) is 21.6. The molecule has 0 aliphatic heterocycles. The van der Waals surface area contributed by atoms with Crippen molar-refractivity contribution in [2.24, 2.45) is 0 Å². The van der Waals surface area contributed by atoms with Crippen molar-refractivity contribution < 1.29 is 22.7 Å². The largest absolute Gasteiger partial charge is 0.495 e. The van der Waals surface area contributed by atoms with Gasteiger partial charge in [0.1, 0.15) is 18.3 Å². The van der Waals surface area contributed by atoms with E-state index in [1.165, 1.54) is 24.1 Å². The first-order chi connectivity index (χ1) is 18.2. The van der Waals surface area contributed by atoms with E-state index in [0.29, 0.717) is 12.3 Å². The van der Waals surface area contributed by atoms with Gasteiger partial charge in [0.25, 0.3) is 10.0 Å². The summed E-state index contributed by atoms with van der Waals surface area (Å²) in [6.07, 6.45) is 0.745. The molecule has 0 unspecified atom stereocenters. The van der Waals surface area contributed by atoms with Crippen LogP contribution in [-0.2, 0) is 26.2 Å². The summed E-state index contributed by atoms with van der Waals surface area (Å²) in [5.74, 6) is -0.549. The van der Waals surface area contributed by atoms with Gasteiger partial charge in [0.05, 0.1) is 17.7 Å². The number of amides is 2. The zero-order valence-corrected chi connectivity index (χ0v) is 24.0. The Hall–Kier alpha value is -3.37. The lowest BCUT2D eigenvalue weighted by Gasteiger charge is -2.32. The van der Waals surface area contributed by atoms with E-state index in [0.717, 1.165) is 20.8 Å². The van der Waals surface area contributed by atoms with Gasteiger partial charge in [-0.1, -0.05) is 65.3 Å². The summed E-state index contributed by atoms with van der Waals surface area (Å²) in [7, 11) is -2.72. The van der Waals surface area contributed by atoms with E-state index >= 15 is 0 Å². The number of methoxy groups -OCH3 is 1. The molecular formula is C28H32BrN3O5S. The summed E-state index contributed by atoms with van der Waals surface area (Å²) in [6.45, 7) is 3.63. The monoisotopic (exact) mass is 601 g/mol. The van der Waals surface area contributed by atoms with E-state index in [9.17, 15) is 18.0 Å². The van der Waals surface area contributed by atoms with Crippen LogP contribution in [0.15, 0.2) is 88.2 Å². The van der Waals surface area contributed by atoms with Crippen LogP contribution in [-0.4, -0.2) is 51.4 Å². The van der Waals surface area contributed by atoms with Gasteiger partial charge in [0.15, 0.2) is 0 Å². The van der Waals surface area contributed by atoms with Crippen LogP contribution in [0, 0.1) is 0 Å². The summed E-state index contributed by atoms with van der Waals surface area (Å²) in [6, 6.07) is 21.1. The molecule has 0 radical (unpaired) electrons. The molecule has 0 bridgehead atoms. The van der Waals surface area contributed by atoms with Crippen LogP contribution in [0.3, 0.4) is 0 Å². The number of sulfonamides is 1. The molecule has 3 rings (SSSR count). The molecule has 10 heteroatoms. The fourth-order valence-electron chi connectivity index (χ4n) is 3.88. The van der Waals surface area contributed by atoms with Gasteiger partial charge in [0, 0.05) is 17.6 Å². The molecule has 0 aliphatic carbocycles. The van der Waals surface area contributed by atoms with Crippen molar-refractivity contribution in [2.45, 2.75) is 37.8 Å². The Labute approximate surface area is 232 Å². The van der Waals surface area contributed by atoms with Gasteiger partial charge in [-0.25, -0.2) is 8.42 Å². The van der Waals surface area contributed by atoms with Crippen molar-refractivity contribution in [3.05, 3.63) is 88.9 Å². The van der Waals surface area contributed by atoms with Crippen molar-refractivity contribution in [1.82, 2.24) is 10.2 Å². The molecule has 2 amide bonds. The summed E-state index contributed by atoms with van der Waals surface area (Å²) < 4.78 is 34.9. The Kier molecular flexibility index (Phi) is 10.3. The first kappa shape index (κ1) is 29.2. The van der Waals surface area contributed by atoms with Gasteiger partial charge in [-0.15, -0.1) is 0 Å². The number of para-hydroxylation sites is 2. The summed E-state index contributed by atoms with van der Waals surface area (Å²) >= 11 is 3.44. The Morgan fingerprint density at radius 2 is 1.68 bits per heavy atom. The standard InChI is InChI=1S/C28H32BrN3O5S/c1-4-17-30-28(34)21(2)31(19-22-11-10-12-23(29)18-22)27(33)20-32(25-15-8-9-16-26(25)37-3)38(35,36)24-13-6-5-7-14-24/h5-16,18,21H,4,17,19-20H2,1-3H3,(H,30,34)/t21-/m0/s1. The summed E-state index contributed by atoms with van der Waals surface area (Å²) in [4.78, 5) is 28.2. The van der Waals surface area contributed by atoms with E-state index in [4.69, 9.17) is 4.74 Å². The lowest BCUT2D eigenvalue weighted by molar-refractivity contribution is -0.139. The molecule has 0 aliphatic rings. The Bertz CT molecular complexity index is 1350. The van der Waals surface area contributed by atoms with Crippen molar-refractivity contribution in [3.63, 3.8) is 0 Å². The first-order valence-electron chi connectivity index (χ1n) is 12.2. The molecule has 0 saturated carbocycles. The normalized spacial score (nSPS) is 11.9. The van der Waals surface area contributed by atoms with Crippen LogP contribution in [0.5, 0.6) is 5.75 Å². The molecule has 0 fully saturated rings. The highest BCUT2D eigenvalue weighted by Crippen LogP contribution is 2.32. The third kappa shape index (κ3) is 7.14. The quantitative estimate of drug-likeness (QED) is 0.327. The number of hydrogen-bond donors (Lipinski definition) is 1. The molecule has 1 N–H and O–H groups in total. The van der Waals surface area contributed by atoms with E-state index in [1.807, 2.05) is 31.2 Å². The molecule has 3 aromatic rings. The van der Waals surface area contributed by atoms with Crippen LogP contribution in [0.4, 0.5) is 5.69 Å². The Morgan fingerprint density at radius 3 is 2.34 bits per heavy atom. The van der Waals surface area contributed by atoms with E-state index < -0.39 is 28.5 Å². The van der Waals surface area contributed by atoms with Crippen LogP contribution >= 0.6 is 15.9 Å². The molecule has 1 atom stereocenters. The number of ether oxygens (including phenoxy) is 1. The van der Waals surface area contributed by atoms with Crippen molar-refractivity contribution >= 4 is 43.5 Å². The average Bonchev–Trinajstić information content (AvgIpc) is 2.93. The van der Waals surface area contributed by atoms with E-state index in [2.05, 4.69) is 21.2 Å². The maximum absolute atomic E-state index is 13.9. The van der Waals surface area contributed by atoms with E-state index in [-0.39, 0.29) is 23.0 Å². The fraction of sp³-hybridized carbons (Fsp3) is 0.286. The highest BCUT2D eigenvalue weighted by atomic mass is 79.9. The molecule has 0 saturated heterocycles. The number of nitrogens with one attached hydrogen (secondary N) is 1. The van der Waals surface area contributed by atoms with E-state index in [1.54, 1.807) is 49.4 Å². The predicted octanol–water partition coefficient (Wildman–Crippen LogP) is 4.60. The van der Waals surface area contributed by atoms with Crippen molar-refractivity contribution in [2.75, 3.05) is 24.5 Å². The van der Waals surface area contributed by atoms with Gasteiger partial charge in [0.2, 0.25) is 11.8 Å². The van der Waals surface area contributed by atoms with Gasteiger partial charge in [-0.3, -0.25) is 13.9 Å². The molecule has 0 spiro atoms. The third-order valence-corrected chi connectivity index (χ3v) is 8.19. The molecule has 0 aromatic heterocycles. The number of nitrogens with zero attached hydrogens (tertiary/aromatic N) is 2. The van der Waals surface area contributed by atoms with Gasteiger partial charge >= 0.3 is 0 Å². The second-order valence-corrected chi connectivity index (χ2v) is 11.4. The lowest BCUT2D eigenvalue weighted by Crippen LogP contribution is -2.51. The highest BCUT2D eigenvalue weighted by molar-refractivity contribution is 9.10. The second kappa shape index (κ2) is 13.4. The minimum atomic E-state index is -4.16. The van der Waals surface area contributed by atoms with Crippen LogP contribution in [0.1, 0.15) is 25.8 Å². The Balaban J connectivity index is 2.04. The summed E-state index contributed by atoms with van der Waals surface area (Å²) in [5, 5.41) is 2.83. The number of hydrogen-bond acceptors (Lipinski definition) is 5. The number of carbonyl (C=O) groups is 2. The van der Waals surface area contributed by atoms with Crippen molar-refractivity contribution in [1.29, 1.82) is 0 Å². The van der Waals surface area contributed by atoms with Gasteiger partial charge < -0.3 is 15.0 Å². The molecule has 38 heavy (non-hydrogen) atoms. The maximum Gasteiger partial charge on any atom is 0.264 e. The number of halogens is 1. The number of anilines is 1. The number of carbonyl (C=O) groups excluding carboxylic acids is 2. The second-order valence-electron chi connectivity index (χ2n) is 8.62. The molecule has 3 aromatic carbocycles. The predicted molar refractivity (Wildman–Crippen MR) is 151 cm³/mol. The Morgan fingerprint density at radius 1 is 1.00 bits per heavy atom. The molecule has 8 nitrogen and oxygen atoms in total. The zero-order chi connectivity index (χ0) is 27.7. The van der Waals surface area contributed by atoms with Gasteiger partial charge in [-0.2, -0.15) is 0 Å². The van der Waals surface area contributed by atoms with Crippen LogP contribution < -0.4 is 14.4 Å². The van der Waals surface area contributed by atoms with Gasteiger partial charge in [-0.05, 0) is 55.3 Å². The molecule has 0 heterocycles. The topological polar surface area (TPSA) is 96.0 Å². The summed E-state index contributed by atoms with van der Waals surface area (Å²) in [5.41, 5.74) is 1.01. The minimum absolute atomic E-state index is 0.0333. The van der Waals surface area contributed by atoms with Crippen LogP contribution in [0.25, 0.3) is 0 Å². The lowest BCUT2D eigenvalue weighted by atomic mass is 10.1. The maximum atomic E-state index is 13.9. The average molecular weight is 603 g/mol. The fourth-order valence-corrected chi connectivity index (χ4v) is 5.77. The number of rotatable bonds is 12. The molecular weight excluding hydrogens is 570 g/mol. The van der Waals surface area contributed by atoms with Crippen LogP contribution in [0.2, 0.25) is 0 Å². The minimum Gasteiger partial charge on any atom is -0.495 e. The van der Waals surface area contributed by atoms with Crippen molar-refractivity contribution in [3.8, 4) is 5.75 Å². The highest BCUT2D eigenvalue weighted by Gasteiger charge is 2.33. The molecule has 202 valence electrons.